The molecule has 0 aliphatic rings. The van der Waals surface area contributed by atoms with Gasteiger partial charge in [-0.1, -0.05) is 42.5 Å². The minimum atomic E-state index is -3.63. The van der Waals surface area contributed by atoms with Gasteiger partial charge in [0.25, 0.3) is 0 Å². The van der Waals surface area contributed by atoms with Crippen molar-refractivity contribution in [2.24, 2.45) is 0 Å². The zero-order valence-corrected chi connectivity index (χ0v) is 18.9. The van der Waals surface area contributed by atoms with Crippen molar-refractivity contribution in [2.45, 2.75) is 19.0 Å². The number of rotatable bonds is 11. The van der Waals surface area contributed by atoms with Crippen LogP contribution in [0.1, 0.15) is 11.1 Å². The second-order valence-corrected chi connectivity index (χ2v) is 9.48. The third-order valence-electron chi connectivity index (χ3n) is 4.87. The fourth-order valence-electron chi connectivity index (χ4n) is 3.04. The topological polar surface area (TPSA) is 107 Å². The first-order valence-electron chi connectivity index (χ1n) is 9.99. The van der Waals surface area contributed by atoms with E-state index in [1.807, 2.05) is 30.3 Å². The summed E-state index contributed by atoms with van der Waals surface area (Å²) in [5, 5.41) is 11.7. The average Bonchev–Trinajstić information content (AvgIpc) is 2.75. The fourth-order valence-corrected chi connectivity index (χ4v) is 3.38. The van der Waals surface area contributed by atoms with Crippen LogP contribution in [0.5, 0.6) is 0 Å². The number of hydrogen-bond donors (Lipinski definition) is 2. The first-order chi connectivity index (χ1) is 15.1. The van der Waals surface area contributed by atoms with Crippen molar-refractivity contribution < 1.29 is 27.5 Å². The molecule has 8 nitrogen and oxygen atoms in total. The van der Waals surface area contributed by atoms with E-state index in [1.54, 1.807) is 0 Å². The third-order valence-corrected chi connectivity index (χ3v) is 6.13. The number of nitrogens with one attached hydrogen (secondary N) is 1. The van der Waals surface area contributed by atoms with Gasteiger partial charge in [-0.2, -0.15) is 4.31 Å². The number of benzene rings is 2. The lowest BCUT2D eigenvalue weighted by Gasteiger charge is -2.32. The van der Waals surface area contributed by atoms with Crippen LogP contribution in [0.4, 0.5) is 4.39 Å². The number of hydrogen-bond acceptors (Lipinski definition) is 5. The van der Waals surface area contributed by atoms with Crippen LogP contribution in [0.15, 0.2) is 54.6 Å². The number of halogens is 1. The van der Waals surface area contributed by atoms with Crippen LogP contribution in [-0.2, 0) is 32.6 Å². The molecule has 2 aromatic carbocycles. The fraction of sp³-hybridized carbons (Fsp3) is 0.364. The van der Waals surface area contributed by atoms with Crippen molar-refractivity contribution in [1.29, 1.82) is 0 Å². The Morgan fingerprint density at radius 3 is 2.25 bits per heavy atom. The predicted octanol–water partition coefficient (Wildman–Crippen LogP) is 0.766. The first-order valence-corrected chi connectivity index (χ1v) is 11.8. The van der Waals surface area contributed by atoms with Crippen molar-refractivity contribution in [1.82, 2.24) is 14.5 Å². The Bertz CT molecular complexity index is 1000. The lowest BCUT2D eigenvalue weighted by atomic mass is 10.0. The molecule has 174 valence electrons. The molecular weight excluding hydrogens is 437 g/mol. The Kier molecular flexibility index (Phi) is 9.30. The third kappa shape index (κ3) is 7.70. The Morgan fingerprint density at radius 1 is 1.06 bits per heavy atom. The maximum Gasteiger partial charge on any atom is 0.243 e. The van der Waals surface area contributed by atoms with Crippen LogP contribution in [0.3, 0.4) is 0 Å². The summed E-state index contributed by atoms with van der Waals surface area (Å²) in [5.41, 5.74) is 1.37. The largest absolute Gasteiger partial charge is 0.395 e. The summed E-state index contributed by atoms with van der Waals surface area (Å²) in [6.45, 7) is -0.752. The van der Waals surface area contributed by atoms with Crippen LogP contribution in [0.2, 0.25) is 0 Å². The summed E-state index contributed by atoms with van der Waals surface area (Å²) in [6, 6.07) is 13.6. The van der Waals surface area contributed by atoms with E-state index in [0.717, 1.165) is 16.1 Å². The van der Waals surface area contributed by atoms with Gasteiger partial charge in [0.05, 0.1) is 19.4 Å². The Balaban J connectivity index is 2.41. The summed E-state index contributed by atoms with van der Waals surface area (Å²) >= 11 is 0. The van der Waals surface area contributed by atoms with E-state index in [0.29, 0.717) is 5.56 Å². The minimum absolute atomic E-state index is 0.00590. The minimum Gasteiger partial charge on any atom is -0.395 e. The average molecular weight is 466 g/mol. The molecule has 2 N–H and O–H groups in total. The molecule has 0 fully saturated rings. The number of aliphatic hydroxyl groups excluding tert-OH is 1. The van der Waals surface area contributed by atoms with E-state index in [2.05, 4.69) is 5.32 Å². The van der Waals surface area contributed by atoms with E-state index >= 15 is 0 Å². The van der Waals surface area contributed by atoms with Crippen LogP contribution < -0.4 is 5.32 Å². The van der Waals surface area contributed by atoms with Gasteiger partial charge in [-0.25, -0.2) is 12.8 Å². The van der Waals surface area contributed by atoms with Crippen molar-refractivity contribution in [3.63, 3.8) is 0 Å². The number of likely N-dealkylation sites (N-methyl/N-ethyl adjacent to an activating group) is 1. The monoisotopic (exact) mass is 465 g/mol. The van der Waals surface area contributed by atoms with Crippen LogP contribution in [0, 0.1) is 5.82 Å². The normalized spacial score (nSPS) is 12.4. The van der Waals surface area contributed by atoms with E-state index in [1.165, 1.54) is 36.2 Å². The Hall–Kier alpha value is -2.82. The number of aliphatic hydroxyl groups is 1. The smallest absolute Gasteiger partial charge is 0.243 e. The maximum absolute atomic E-state index is 13.4. The van der Waals surface area contributed by atoms with E-state index in [9.17, 15) is 22.4 Å². The number of nitrogens with zero attached hydrogens (tertiary/aromatic N) is 2. The highest BCUT2D eigenvalue weighted by Gasteiger charge is 2.31. The second-order valence-electron chi connectivity index (χ2n) is 7.39. The highest BCUT2D eigenvalue weighted by molar-refractivity contribution is 7.88. The summed E-state index contributed by atoms with van der Waals surface area (Å²) < 4.78 is 37.9. The Labute approximate surface area is 187 Å². The predicted molar refractivity (Wildman–Crippen MR) is 118 cm³/mol. The zero-order chi connectivity index (χ0) is 23.7. The number of carbonyl (C=O) groups excluding carboxylic acids is 2. The van der Waals surface area contributed by atoms with Gasteiger partial charge in [-0.05, 0) is 23.3 Å². The van der Waals surface area contributed by atoms with E-state index in [4.69, 9.17) is 5.11 Å². The van der Waals surface area contributed by atoms with Crippen molar-refractivity contribution in [3.05, 3.63) is 71.5 Å². The van der Waals surface area contributed by atoms with Crippen LogP contribution >= 0.6 is 0 Å². The van der Waals surface area contributed by atoms with Gasteiger partial charge in [0.2, 0.25) is 21.8 Å². The molecule has 32 heavy (non-hydrogen) atoms. The van der Waals surface area contributed by atoms with E-state index in [-0.39, 0.29) is 26.1 Å². The lowest BCUT2D eigenvalue weighted by molar-refractivity contribution is -0.141. The van der Waals surface area contributed by atoms with Crippen LogP contribution in [-0.4, -0.2) is 73.6 Å². The molecule has 2 rings (SSSR count). The Morgan fingerprint density at radius 2 is 1.69 bits per heavy atom. The molecule has 2 aromatic rings. The number of sulfonamides is 1. The van der Waals surface area contributed by atoms with Gasteiger partial charge < -0.3 is 15.3 Å². The molecule has 0 aromatic heterocycles. The summed E-state index contributed by atoms with van der Waals surface area (Å²) in [6.07, 6.45) is 1.16. The summed E-state index contributed by atoms with van der Waals surface area (Å²) in [5.74, 6) is -1.51. The van der Waals surface area contributed by atoms with E-state index < -0.39 is 40.2 Å². The molecule has 0 saturated heterocycles. The molecule has 2 amide bonds. The molecule has 10 heteroatoms. The standard InChI is InChI=1S/C22H28FN3O5S/c1-25(32(2,30)31)16-21(28)26(15-18-8-10-19(23)11-9-18)20(22(29)24-12-13-27)14-17-6-4-3-5-7-17/h3-11,20,27H,12-16H2,1-2H3,(H,24,29)/t20-/m1/s1. The quantitative estimate of drug-likeness (QED) is 0.510. The number of amides is 2. The number of carbonyl (C=O) groups is 2. The summed E-state index contributed by atoms with van der Waals surface area (Å²) in [4.78, 5) is 27.5. The van der Waals surface area contributed by atoms with Gasteiger partial charge in [0.1, 0.15) is 11.9 Å². The molecule has 0 radical (unpaired) electrons. The summed E-state index contributed by atoms with van der Waals surface area (Å²) in [7, 11) is -2.35. The van der Waals surface area contributed by atoms with Gasteiger partial charge >= 0.3 is 0 Å². The van der Waals surface area contributed by atoms with Crippen molar-refractivity contribution in [3.8, 4) is 0 Å². The van der Waals surface area contributed by atoms with Gasteiger partial charge in [0.15, 0.2) is 0 Å². The van der Waals surface area contributed by atoms with Gasteiger partial charge in [0, 0.05) is 26.6 Å². The highest BCUT2D eigenvalue weighted by atomic mass is 32.2. The maximum atomic E-state index is 13.4. The zero-order valence-electron chi connectivity index (χ0n) is 18.1. The molecule has 0 aliphatic carbocycles. The molecule has 0 unspecified atom stereocenters. The molecule has 0 spiro atoms. The van der Waals surface area contributed by atoms with Gasteiger partial charge in [-0.3, -0.25) is 9.59 Å². The molecular formula is C22H28FN3O5S. The molecule has 0 saturated carbocycles. The second kappa shape index (κ2) is 11.7. The molecule has 1 atom stereocenters. The SMILES string of the molecule is CN(CC(=O)N(Cc1ccc(F)cc1)[C@H](Cc1ccccc1)C(=O)NCCO)S(C)(=O)=O. The molecule has 0 heterocycles. The molecule has 0 aliphatic heterocycles. The van der Waals surface area contributed by atoms with Crippen molar-refractivity contribution >= 4 is 21.8 Å². The highest BCUT2D eigenvalue weighted by Crippen LogP contribution is 2.16. The lowest BCUT2D eigenvalue weighted by Crippen LogP contribution is -2.53. The first kappa shape index (κ1) is 25.4. The van der Waals surface area contributed by atoms with Crippen molar-refractivity contribution in [2.75, 3.05) is 33.0 Å². The van der Waals surface area contributed by atoms with Crippen LogP contribution in [0.25, 0.3) is 0 Å². The van der Waals surface area contributed by atoms with Gasteiger partial charge in [-0.15, -0.1) is 0 Å². The molecule has 0 bridgehead atoms.